The van der Waals surface area contributed by atoms with E-state index in [1.54, 1.807) is 24.3 Å². The van der Waals surface area contributed by atoms with Crippen LogP contribution in [0.25, 0.3) is 6.08 Å². The van der Waals surface area contributed by atoms with E-state index < -0.39 is 17.7 Å². The molecule has 0 aliphatic heterocycles. The van der Waals surface area contributed by atoms with E-state index in [9.17, 15) is 15.0 Å². The zero-order valence-corrected chi connectivity index (χ0v) is 7.79. The van der Waals surface area contributed by atoms with E-state index in [2.05, 4.69) is 0 Å². The molecule has 1 aliphatic rings. The minimum absolute atomic E-state index is 0.215. The summed E-state index contributed by atoms with van der Waals surface area (Å²) in [6.07, 6.45) is 1.44. The number of hydrogen-bond donors (Lipinski definition) is 3. The van der Waals surface area contributed by atoms with Gasteiger partial charge in [-0.05, 0) is 5.56 Å². The van der Waals surface area contributed by atoms with Crippen LogP contribution in [0.15, 0.2) is 30.3 Å². The van der Waals surface area contributed by atoms with Crippen LogP contribution < -0.4 is 0 Å². The number of aliphatic hydroxyl groups is 2. The minimum Gasteiger partial charge on any atom is -0.479 e. The lowest BCUT2D eigenvalue weighted by Gasteiger charge is -2.31. The SMILES string of the molecule is O=C(O)[C@]1(O)c2ccccc2C=C[C@H]1O. The molecule has 3 N–H and O–H groups in total. The van der Waals surface area contributed by atoms with Gasteiger partial charge in [-0.15, -0.1) is 0 Å². The molecule has 2 atom stereocenters. The van der Waals surface area contributed by atoms with Gasteiger partial charge in [0.25, 0.3) is 0 Å². The van der Waals surface area contributed by atoms with Crippen molar-refractivity contribution in [2.75, 3.05) is 0 Å². The highest BCUT2D eigenvalue weighted by Crippen LogP contribution is 2.33. The second-order valence-corrected chi connectivity index (χ2v) is 3.46. The first kappa shape index (κ1) is 9.89. The summed E-state index contributed by atoms with van der Waals surface area (Å²) in [5.41, 5.74) is -1.43. The molecule has 0 amide bonds. The molecule has 0 radical (unpaired) electrons. The Morgan fingerprint density at radius 3 is 2.67 bits per heavy atom. The smallest absolute Gasteiger partial charge is 0.343 e. The number of benzene rings is 1. The Bertz CT molecular complexity index is 438. The average molecular weight is 206 g/mol. The van der Waals surface area contributed by atoms with E-state index in [-0.39, 0.29) is 5.56 Å². The third kappa shape index (κ3) is 1.26. The third-order valence-corrected chi connectivity index (χ3v) is 2.58. The number of carboxylic acid groups (broad SMARTS) is 1. The van der Waals surface area contributed by atoms with E-state index in [1.165, 1.54) is 12.1 Å². The molecule has 1 aliphatic carbocycles. The molecule has 0 saturated carbocycles. The number of hydrogen-bond acceptors (Lipinski definition) is 3. The van der Waals surface area contributed by atoms with Gasteiger partial charge >= 0.3 is 5.97 Å². The minimum atomic E-state index is -2.24. The molecule has 1 aromatic rings. The predicted octanol–water partition coefficient (Wildman–Crippen LogP) is 0.347. The lowest BCUT2D eigenvalue weighted by molar-refractivity contribution is -0.170. The second kappa shape index (κ2) is 3.18. The largest absolute Gasteiger partial charge is 0.479 e. The third-order valence-electron chi connectivity index (χ3n) is 2.58. The molecule has 1 aromatic carbocycles. The van der Waals surface area contributed by atoms with Crippen molar-refractivity contribution in [2.45, 2.75) is 11.7 Å². The summed E-state index contributed by atoms with van der Waals surface area (Å²) in [6.45, 7) is 0. The summed E-state index contributed by atoms with van der Waals surface area (Å²) in [4.78, 5) is 11.0. The van der Waals surface area contributed by atoms with Crippen LogP contribution in [-0.2, 0) is 10.4 Å². The Kier molecular flexibility index (Phi) is 2.10. The van der Waals surface area contributed by atoms with E-state index in [0.29, 0.717) is 5.56 Å². The van der Waals surface area contributed by atoms with Crippen LogP contribution in [-0.4, -0.2) is 27.4 Å². The lowest BCUT2D eigenvalue weighted by Crippen LogP contribution is -2.47. The maximum Gasteiger partial charge on any atom is 0.343 e. The molecule has 0 bridgehead atoms. The number of carboxylic acids is 1. The topological polar surface area (TPSA) is 77.8 Å². The molecule has 0 aromatic heterocycles. The van der Waals surface area contributed by atoms with Gasteiger partial charge in [-0.3, -0.25) is 0 Å². The normalized spacial score (nSPS) is 28.5. The number of aliphatic hydroxyl groups excluding tert-OH is 1. The Morgan fingerprint density at radius 2 is 2.00 bits per heavy atom. The Hall–Kier alpha value is -1.65. The van der Waals surface area contributed by atoms with Gasteiger partial charge < -0.3 is 15.3 Å². The highest BCUT2D eigenvalue weighted by molar-refractivity contribution is 5.84. The van der Waals surface area contributed by atoms with Gasteiger partial charge in [-0.25, -0.2) is 4.79 Å². The van der Waals surface area contributed by atoms with Gasteiger partial charge in [0.2, 0.25) is 5.60 Å². The fraction of sp³-hybridized carbons (Fsp3) is 0.182. The van der Waals surface area contributed by atoms with Crippen LogP contribution in [0, 0.1) is 0 Å². The molecule has 0 saturated heterocycles. The maximum atomic E-state index is 11.0. The Balaban J connectivity index is 2.66. The van der Waals surface area contributed by atoms with Gasteiger partial charge in [0.05, 0.1) is 0 Å². The summed E-state index contributed by atoms with van der Waals surface area (Å²) >= 11 is 0. The molecule has 4 nitrogen and oxygen atoms in total. The van der Waals surface area contributed by atoms with Crippen LogP contribution in [0.1, 0.15) is 11.1 Å². The first-order chi connectivity index (χ1) is 7.06. The Morgan fingerprint density at radius 1 is 1.33 bits per heavy atom. The lowest BCUT2D eigenvalue weighted by atomic mass is 9.81. The van der Waals surface area contributed by atoms with Crippen molar-refractivity contribution in [1.82, 2.24) is 0 Å². The van der Waals surface area contributed by atoms with Crippen molar-refractivity contribution in [3.05, 3.63) is 41.5 Å². The fourth-order valence-corrected chi connectivity index (χ4v) is 1.72. The number of fused-ring (bicyclic) bond motifs is 1. The zero-order valence-electron chi connectivity index (χ0n) is 7.79. The molecule has 2 rings (SSSR count). The van der Waals surface area contributed by atoms with Crippen LogP contribution in [0.3, 0.4) is 0 Å². The molecule has 15 heavy (non-hydrogen) atoms. The van der Waals surface area contributed by atoms with Crippen molar-refractivity contribution in [1.29, 1.82) is 0 Å². The van der Waals surface area contributed by atoms with E-state index in [4.69, 9.17) is 5.11 Å². The van der Waals surface area contributed by atoms with Gasteiger partial charge in [0, 0.05) is 5.56 Å². The quantitative estimate of drug-likeness (QED) is 0.619. The highest BCUT2D eigenvalue weighted by Gasteiger charge is 2.46. The molecule has 4 heteroatoms. The van der Waals surface area contributed by atoms with Gasteiger partial charge in [0.1, 0.15) is 6.10 Å². The van der Waals surface area contributed by atoms with Crippen LogP contribution in [0.5, 0.6) is 0 Å². The standard InChI is InChI=1S/C11H10O4/c12-9-6-5-7-3-1-2-4-8(7)11(9,15)10(13)14/h1-6,9,12,15H,(H,13,14)/t9-,11+/m1/s1. The van der Waals surface area contributed by atoms with Crippen LogP contribution >= 0.6 is 0 Å². The van der Waals surface area contributed by atoms with Crippen molar-refractivity contribution in [3.63, 3.8) is 0 Å². The van der Waals surface area contributed by atoms with Crippen LogP contribution in [0.2, 0.25) is 0 Å². The van der Waals surface area contributed by atoms with Crippen molar-refractivity contribution < 1.29 is 20.1 Å². The molecular weight excluding hydrogens is 196 g/mol. The second-order valence-electron chi connectivity index (χ2n) is 3.46. The zero-order chi connectivity index (χ0) is 11.1. The van der Waals surface area contributed by atoms with Gasteiger partial charge in [0.15, 0.2) is 0 Å². The summed E-state index contributed by atoms with van der Waals surface area (Å²) < 4.78 is 0. The van der Waals surface area contributed by atoms with Gasteiger partial charge in [-0.2, -0.15) is 0 Å². The Labute approximate surface area is 86.1 Å². The molecule has 0 fully saturated rings. The molecule has 0 unspecified atom stereocenters. The predicted molar refractivity (Wildman–Crippen MR) is 53.0 cm³/mol. The van der Waals surface area contributed by atoms with Crippen molar-refractivity contribution in [3.8, 4) is 0 Å². The van der Waals surface area contributed by atoms with Gasteiger partial charge in [-0.1, -0.05) is 36.4 Å². The molecule has 78 valence electrons. The first-order valence-corrected chi connectivity index (χ1v) is 4.48. The number of carbonyl (C=O) groups is 1. The number of aliphatic carboxylic acids is 1. The highest BCUT2D eigenvalue weighted by atomic mass is 16.4. The molecule has 0 heterocycles. The summed E-state index contributed by atoms with van der Waals surface area (Å²) in [5, 5.41) is 28.5. The van der Waals surface area contributed by atoms with E-state index >= 15 is 0 Å². The average Bonchev–Trinajstić information content (AvgIpc) is 2.23. The summed E-state index contributed by atoms with van der Waals surface area (Å²) in [6, 6.07) is 6.55. The van der Waals surface area contributed by atoms with Crippen LogP contribution in [0.4, 0.5) is 0 Å². The number of rotatable bonds is 1. The summed E-state index contributed by atoms with van der Waals surface area (Å²) in [5.74, 6) is -1.45. The monoisotopic (exact) mass is 206 g/mol. The van der Waals surface area contributed by atoms with E-state index in [1.807, 2.05) is 0 Å². The molecular formula is C11H10O4. The maximum absolute atomic E-state index is 11.0. The van der Waals surface area contributed by atoms with Crippen molar-refractivity contribution >= 4 is 12.0 Å². The fourth-order valence-electron chi connectivity index (χ4n) is 1.72. The van der Waals surface area contributed by atoms with E-state index in [0.717, 1.165) is 0 Å². The van der Waals surface area contributed by atoms with Crippen molar-refractivity contribution in [2.24, 2.45) is 0 Å². The molecule has 0 spiro atoms. The first-order valence-electron chi connectivity index (χ1n) is 4.48. The summed E-state index contributed by atoms with van der Waals surface area (Å²) in [7, 11) is 0.